The molecule has 1 aromatic carbocycles. The summed E-state index contributed by atoms with van der Waals surface area (Å²) < 4.78 is 15.1. The van der Waals surface area contributed by atoms with Crippen molar-refractivity contribution in [2.24, 2.45) is 5.92 Å². The zero-order valence-corrected chi connectivity index (χ0v) is 16.1. The molecule has 2 aromatic heterocycles. The molecule has 1 N–H and O–H groups in total. The van der Waals surface area contributed by atoms with Gasteiger partial charge >= 0.3 is 0 Å². The van der Waals surface area contributed by atoms with Crippen LogP contribution in [0.15, 0.2) is 36.7 Å². The second-order valence-corrected chi connectivity index (χ2v) is 7.31. The van der Waals surface area contributed by atoms with Crippen molar-refractivity contribution in [1.82, 2.24) is 9.55 Å². The number of pyridine rings is 1. The van der Waals surface area contributed by atoms with Crippen LogP contribution in [0.25, 0.3) is 11.0 Å². The summed E-state index contributed by atoms with van der Waals surface area (Å²) >= 11 is 11.8. The third-order valence-electron chi connectivity index (χ3n) is 3.89. The first-order valence-corrected chi connectivity index (χ1v) is 8.97. The number of halogens is 3. The van der Waals surface area contributed by atoms with Gasteiger partial charge in [0.05, 0.1) is 21.3 Å². The third kappa shape index (κ3) is 3.96. The second-order valence-electron chi connectivity index (χ2n) is 6.49. The number of ketones is 1. The summed E-state index contributed by atoms with van der Waals surface area (Å²) in [5.74, 6) is -1.99. The molecule has 0 bridgehead atoms. The SMILES string of the molecule is CC(C)Cn1cc(C(=O)C(=O)Nc2c(Cl)cc(F)cc2Cl)c2cccnc21. The number of aromatic nitrogens is 2. The van der Waals surface area contributed by atoms with Crippen LogP contribution in [0.5, 0.6) is 0 Å². The Labute approximate surface area is 165 Å². The van der Waals surface area contributed by atoms with Gasteiger partial charge in [-0.3, -0.25) is 9.59 Å². The fourth-order valence-corrected chi connectivity index (χ4v) is 3.35. The molecule has 0 unspecified atom stereocenters. The lowest BCUT2D eigenvalue weighted by Gasteiger charge is -2.08. The Bertz CT molecular complexity index is 1020. The van der Waals surface area contributed by atoms with Crippen LogP contribution in [-0.2, 0) is 11.3 Å². The van der Waals surface area contributed by atoms with Crippen LogP contribution in [0.1, 0.15) is 24.2 Å². The number of fused-ring (bicyclic) bond motifs is 1. The molecule has 140 valence electrons. The van der Waals surface area contributed by atoms with E-state index in [4.69, 9.17) is 23.2 Å². The van der Waals surface area contributed by atoms with E-state index >= 15 is 0 Å². The van der Waals surface area contributed by atoms with Crippen LogP contribution in [0.4, 0.5) is 10.1 Å². The number of benzene rings is 1. The minimum atomic E-state index is -0.919. The largest absolute Gasteiger partial charge is 0.331 e. The van der Waals surface area contributed by atoms with E-state index in [0.29, 0.717) is 23.5 Å². The molecular weight excluding hydrogens is 392 g/mol. The maximum atomic E-state index is 13.3. The molecule has 0 saturated heterocycles. The molecule has 0 radical (unpaired) electrons. The van der Waals surface area contributed by atoms with Crippen molar-refractivity contribution in [3.05, 3.63) is 58.1 Å². The lowest BCUT2D eigenvalue weighted by atomic mass is 10.1. The van der Waals surface area contributed by atoms with Crippen LogP contribution < -0.4 is 5.32 Å². The highest BCUT2D eigenvalue weighted by Gasteiger charge is 2.24. The zero-order chi connectivity index (χ0) is 19.7. The van der Waals surface area contributed by atoms with Crippen molar-refractivity contribution in [2.75, 3.05) is 5.32 Å². The highest BCUT2D eigenvalue weighted by molar-refractivity contribution is 6.50. The molecule has 0 fully saturated rings. The Morgan fingerprint density at radius 2 is 1.93 bits per heavy atom. The molecule has 0 saturated carbocycles. The van der Waals surface area contributed by atoms with Gasteiger partial charge in [0.25, 0.3) is 11.7 Å². The van der Waals surface area contributed by atoms with Gasteiger partial charge in [-0.25, -0.2) is 9.37 Å². The van der Waals surface area contributed by atoms with Crippen molar-refractivity contribution >= 4 is 51.6 Å². The molecule has 0 aliphatic rings. The zero-order valence-electron chi connectivity index (χ0n) is 14.6. The molecule has 8 heteroatoms. The number of amides is 1. The number of anilines is 1. The minimum absolute atomic E-state index is 0.0119. The van der Waals surface area contributed by atoms with Gasteiger partial charge < -0.3 is 9.88 Å². The van der Waals surface area contributed by atoms with Crippen LogP contribution >= 0.6 is 23.2 Å². The molecule has 0 aliphatic heterocycles. The van der Waals surface area contributed by atoms with Gasteiger partial charge in [0.1, 0.15) is 11.5 Å². The number of carbonyl (C=O) groups is 2. The number of carbonyl (C=O) groups excluding carboxylic acids is 2. The number of rotatable bonds is 5. The predicted molar refractivity (Wildman–Crippen MR) is 104 cm³/mol. The maximum Gasteiger partial charge on any atom is 0.296 e. The van der Waals surface area contributed by atoms with Crippen molar-refractivity contribution < 1.29 is 14.0 Å². The monoisotopic (exact) mass is 407 g/mol. The van der Waals surface area contributed by atoms with Gasteiger partial charge in [0.2, 0.25) is 0 Å². The molecule has 2 heterocycles. The quantitative estimate of drug-likeness (QED) is 0.480. The van der Waals surface area contributed by atoms with Crippen LogP contribution in [0, 0.1) is 11.7 Å². The van der Waals surface area contributed by atoms with E-state index in [0.717, 1.165) is 12.1 Å². The molecule has 3 rings (SSSR count). The number of nitrogens with zero attached hydrogens (tertiary/aromatic N) is 2. The van der Waals surface area contributed by atoms with Crippen molar-refractivity contribution in [2.45, 2.75) is 20.4 Å². The smallest absolute Gasteiger partial charge is 0.296 e. The first-order chi connectivity index (χ1) is 12.8. The topological polar surface area (TPSA) is 64.0 Å². The van der Waals surface area contributed by atoms with Gasteiger partial charge in [0, 0.05) is 24.3 Å². The highest BCUT2D eigenvalue weighted by atomic mass is 35.5. The highest BCUT2D eigenvalue weighted by Crippen LogP contribution is 2.31. The van der Waals surface area contributed by atoms with E-state index in [1.807, 2.05) is 18.4 Å². The molecule has 27 heavy (non-hydrogen) atoms. The fourth-order valence-electron chi connectivity index (χ4n) is 2.79. The molecular formula is C19H16Cl2FN3O2. The minimum Gasteiger partial charge on any atom is -0.331 e. The molecule has 3 aromatic rings. The summed E-state index contributed by atoms with van der Waals surface area (Å²) in [6.07, 6.45) is 3.25. The van der Waals surface area contributed by atoms with Crippen molar-refractivity contribution in [3.63, 3.8) is 0 Å². The number of Topliss-reactive ketones (excluding diaryl/α,β-unsaturated/α-hetero) is 1. The first kappa shape index (κ1) is 19.3. The normalized spacial score (nSPS) is 11.2. The van der Waals surface area contributed by atoms with E-state index in [1.165, 1.54) is 0 Å². The van der Waals surface area contributed by atoms with Crippen LogP contribution in [0.2, 0.25) is 10.0 Å². The Balaban J connectivity index is 1.95. The molecule has 1 amide bonds. The Morgan fingerprint density at radius 1 is 1.26 bits per heavy atom. The average Bonchev–Trinajstić information content (AvgIpc) is 2.95. The lowest BCUT2D eigenvalue weighted by Crippen LogP contribution is -2.23. The molecule has 0 spiro atoms. The van der Waals surface area contributed by atoms with Gasteiger partial charge in [-0.15, -0.1) is 0 Å². The van der Waals surface area contributed by atoms with Gasteiger partial charge in [-0.1, -0.05) is 37.0 Å². The van der Waals surface area contributed by atoms with E-state index in [-0.39, 0.29) is 21.3 Å². The summed E-state index contributed by atoms with van der Waals surface area (Å²) in [4.78, 5) is 29.5. The number of nitrogens with one attached hydrogen (secondary N) is 1. The summed E-state index contributed by atoms with van der Waals surface area (Å²) in [5, 5.41) is 2.76. The number of hydrogen-bond donors (Lipinski definition) is 1. The van der Waals surface area contributed by atoms with Crippen LogP contribution in [-0.4, -0.2) is 21.2 Å². The Kier molecular flexibility index (Phi) is 5.48. The van der Waals surface area contributed by atoms with E-state index in [2.05, 4.69) is 10.3 Å². The Morgan fingerprint density at radius 3 is 2.56 bits per heavy atom. The molecule has 5 nitrogen and oxygen atoms in total. The second kappa shape index (κ2) is 7.66. The lowest BCUT2D eigenvalue weighted by molar-refractivity contribution is -0.112. The van der Waals surface area contributed by atoms with Gasteiger partial charge in [0.15, 0.2) is 0 Å². The van der Waals surface area contributed by atoms with Gasteiger partial charge in [-0.05, 0) is 30.2 Å². The molecule has 0 atom stereocenters. The van der Waals surface area contributed by atoms with Gasteiger partial charge in [-0.2, -0.15) is 0 Å². The van der Waals surface area contributed by atoms with Crippen molar-refractivity contribution in [1.29, 1.82) is 0 Å². The fraction of sp³-hybridized carbons (Fsp3) is 0.211. The van der Waals surface area contributed by atoms with E-state index in [1.54, 1.807) is 24.5 Å². The summed E-state index contributed by atoms with van der Waals surface area (Å²) in [7, 11) is 0. The summed E-state index contributed by atoms with van der Waals surface area (Å²) in [5.41, 5.74) is 0.841. The Hall–Kier alpha value is -2.44. The van der Waals surface area contributed by atoms with E-state index < -0.39 is 17.5 Å². The summed E-state index contributed by atoms with van der Waals surface area (Å²) in [6, 6.07) is 5.44. The first-order valence-electron chi connectivity index (χ1n) is 8.22. The number of hydrogen-bond acceptors (Lipinski definition) is 3. The van der Waals surface area contributed by atoms with E-state index in [9.17, 15) is 14.0 Å². The average molecular weight is 408 g/mol. The standard InChI is InChI=1S/C19H16Cl2FN3O2/c1-10(2)8-25-9-13(12-4-3-5-23-18(12)25)17(26)19(27)24-16-14(20)6-11(22)7-15(16)21/h3-7,9-10H,8H2,1-2H3,(H,24,27). The van der Waals surface area contributed by atoms with Crippen LogP contribution in [0.3, 0.4) is 0 Å². The molecule has 0 aliphatic carbocycles. The third-order valence-corrected chi connectivity index (χ3v) is 4.49. The summed E-state index contributed by atoms with van der Waals surface area (Å²) in [6.45, 7) is 4.74. The van der Waals surface area contributed by atoms with Crippen molar-refractivity contribution in [3.8, 4) is 0 Å². The maximum absolute atomic E-state index is 13.3. The predicted octanol–water partition coefficient (Wildman–Crippen LogP) is 4.96.